The summed E-state index contributed by atoms with van der Waals surface area (Å²) in [4.78, 5) is 18.8. The van der Waals surface area contributed by atoms with Crippen LogP contribution < -0.4 is 16.0 Å². The number of carbonyl (C=O) groups is 1. The fraction of sp³-hybridized carbons (Fsp3) is 0.895. The average Bonchev–Trinajstić information content (AvgIpc) is 3.14. The molecule has 0 radical (unpaired) electrons. The number of nitrogens with one attached hydrogen (secondary N) is 3. The highest BCUT2D eigenvalue weighted by molar-refractivity contribution is 14.0. The molecule has 0 bridgehead atoms. The minimum Gasteiger partial charge on any atom is -0.379 e. The maximum Gasteiger partial charge on any atom is 0.221 e. The van der Waals surface area contributed by atoms with Gasteiger partial charge in [0.2, 0.25) is 5.91 Å². The number of guanidine groups is 1. The lowest BCUT2D eigenvalue weighted by atomic mass is 10.0. The van der Waals surface area contributed by atoms with Gasteiger partial charge in [-0.3, -0.25) is 14.7 Å². The van der Waals surface area contributed by atoms with Crippen molar-refractivity contribution in [2.75, 3.05) is 46.4 Å². The second-order valence-corrected chi connectivity index (χ2v) is 7.64. The molecule has 158 valence electrons. The number of aliphatic imine (C=N–C) groups is 1. The van der Waals surface area contributed by atoms with Gasteiger partial charge in [-0.15, -0.1) is 24.0 Å². The summed E-state index contributed by atoms with van der Waals surface area (Å²) in [7, 11) is 1.77. The zero-order chi connectivity index (χ0) is 18.8. The fourth-order valence-corrected chi connectivity index (χ4v) is 3.78. The number of hydrogen-bond acceptors (Lipinski definition) is 4. The standard InChI is InChI=1S/C19H37N5O2.HI/c1-15(2)17(24-10-12-26-13-11-24)14-22-19(20-3)21-9-8-18(25)23-16-6-4-5-7-16;/h15-17H,4-14H2,1-3H3,(H,23,25)(H2,20,21,22);1H. The van der Waals surface area contributed by atoms with Gasteiger partial charge < -0.3 is 20.7 Å². The molecule has 1 saturated carbocycles. The van der Waals surface area contributed by atoms with Crippen LogP contribution in [0.15, 0.2) is 4.99 Å². The second-order valence-electron chi connectivity index (χ2n) is 7.64. The van der Waals surface area contributed by atoms with Crippen molar-refractivity contribution in [1.29, 1.82) is 0 Å². The molecule has 3 N–H and O–H groups in total. The monoisotopic (exact) mass is 495 g/mol. The molecule has 1 aliphatic carbocycles. The molecule has 1 unspecified atom stereocenters. The molecular weight excluding hydrogens is 457 g/mol. The lowest BCUT2D eigenvalue weighted by Crippen LogP contribution is -2.52. The van der Waals surface area contributed by atoms with Crippen molar-refractivity contribution >= 4 is 35.8 Å². The van der Waals surface area contributed by atoms with Crippen molar-refractivity contribution in [3.63, 3.8) is 0 Å². The van der Waals surface area contributed by atoms with Crippen LogP contribution in [0, 0.1) is 5.92 Å². The Kier molecular flexibility index (Phi) is 12.3. The molecule has 2 aliphatic rings. The van der Waals surface area contributed by atoms with Crippen molar-refractivity contribution < 1.29 is 9.53 Å². The van der Waals surface area contributed by atoms with Gasteiger partial charge in [-0.25, -0.2) is 0 Å². The summed E-state index contributed by atoms with van der Waals surface area (Å²) in [5.41, 5.74) is 0. The largest absolute Gasteiger partial charge is 0.379 e. The number of hydrogen-bond donors (Lipinski definition) is 3. The molecule has 27 heavy (non-hydrogen) atoms. The quantitative estimate of drug-likeness (QED) is 0.271. The molecule has 7 nitrogen and oxygen atoms in total. The third-order valence-electron chi connectivity index (χ3n) is 5.35. The fourth-order valence-electron chi connectivity index (χ4n) is 3.78. The van der Waals surface area contributed by atoms with Gasteiger partial charge in [-0.05, 0) is 18.8 Å². The Bertz CT molecular complexity index is 449. The van der Waals surface area contributed by atoms with E-state index in [0.29, 0.717) is 31.0 Å². The lowest BCUT2D eigenvalue weighted by molar-refractivity contribution is -0.121. The number of carbonyl (C=O) groups excluding carboxylic acids is 1. The van der Waals surface area contributed by atoms with Crippen molar-refractivity contribution in [2.24, 2.45) is 10.9 Å². The maximum atomic E-state index is 12.0. The van der Waals surface area contributed by atoms with Crippen LogP contribution >= 0.6 is 24.0 Å². The van der Waals surface area contributed by atoms with Crippen LogP contribution in [0.25, 0.3) is 0 Å². The molecule has 0 spiro atoms. The van der Waals surface area contributed by atoms with E-state index in [1.54, 1.807) is 7.05 Å². The Morgan fingerprint density at radius 1 is 1.19 bits per heavy atom. The van der Waals surface area contributed by atoms with E-state index in [2.05, 4.69) is 39.7 Å². The number of morpholine rings is 1. The van der Waals surface area contributed by atoms with E-state index in [4.69, 9.17) is 4.74 Å². The van der Waals surface area contributed by atoms with E-state index >= 15 is 0 Å². The third-order valence-corrected chi connectivity index (χ3v) is 5.35. The Balaban J connectivity index is 0.00000364. The molecule has 0 aromatic carbocycles. The van der Waals surface area contributed by atoms with Gasteiger partial charge in [0.05, 0.1) is 13.2 Å². The summed E-state index contributed by atoms with van der Waals surface area (Å²) in [5, 5.41) is 9.80. The summed E-state index contributed by atoms with van der Waals surface area (Å²) in [6, 6.07) is 0.836. The SMILES string of the molecule is CN=C(NCCC(=O)NC1CCCC1)NCC(C(C)C)N1CCOCC1.I. The van der Waals surface area contributed by atoms with Gasteiger partial charge in [0.1, 0.15) is 0 Å². The van der Waals surface area contributed by atoms with E-state index in [1.165, 1.54) is 12.8 Å². The molecule has 0 aromatic rings. The first-order valence-electron chi connectivity index (χ1n) is 10.2. The van der Waals surface area contributed by atoms with E-state index < -0.39 is 0 Å². The molecule has 0 aromatic heterocycles. The van der Waals surface area contributed by atoms with Crippen molar-refractivity contribution in [2.45, 2.75) is 58.0 Å². The summed E-state index contributed by atoms with van der Waals surface area (Å²) in [5.74, 6) is 1.45. The highest BCUT2D eigenvalue weighted by atomic mass is 127. The molecule has 2 rings (SSSR count). The number of ether oxygens (including phenoxy) is 1. The first kappa shape index (κ1) is 24.4. The summed E-state index contributed by atoms with van der Waals surface area (Å²) < 4.78 is 5.46. The van der Waals surface area contributed by atoms with Crippen LogP contribution in [0.1, 0.15) is 46.0 Å². The second kappa shape index (κ2) is 13.5. The summed E-state index contributed by atoms with van der Waals surface area (Å²) >= 11 is 0. The summed E-state index contributed by atoms with van der Waals surface area (Å²) in [6.45, 7) is 9.54. The highest BCUT2D eigenvalue weighted by Gasteiger charge is 2.24. The maximum absolute atomic E-state index is 12.0. The first-order valence-corrected chi connectivity index (χ1v) is 10.2. The summed E-state index contributed by atoms with van der Waals surface area (Å²) in [6.07, 6.45) is 5.20. The molecule has 1 heterocycles. The van der Waals surface area contributed by atoms with Crippen molar-refractivity contribution in [3.05, 3.63) is 0 Å². The average molecular weight is 495 g/mol. The van der Waals surface area contributed by atoms with Crippen LogP contribution in [-0.2, 0) is 9.53 Å². The molecule has 1 amide bonds. The van der Waals surface area contributed by atoms with Crippen molar-refractivity contribution in [1.82, 2.24) is 20.9 Å². The van der Waals surface area contributed by atoms with E-state index in [0.717, 1.165) is 51.6 Å². The van der Waals surface area contributed by atoms with Gasteiger partial charge in [0.15, 0.2) is 5.96 Å². The van der Waals surface area contributed by atoms with Crippen LogP contribution in [0.4, 0.5) is 0 Å². The van der Waals surface area contributed by atoms with Gasteiger partial charge in [0.25, 0.3) is 0 Å². The van der Waals surface area contributed by atoms with Gasteiger partial charge in [-0.1, -0.05) is 26.7 Å². The molecule has 8 heteroatoms. The zero-order valence-electron chi connectivity index (χ0n) is 17.1. The number of halogens is 1. The van der Waals surface area contributed by atoms with Crippen LogP contribution in [0.3, 0.4) is 0 Å². The Morgan fingerprint density at radius 2 is 1.85 bits per heavy atom. The first-order chi connectivity index (χ1) is 12.6. The van der Waals surface area contributed by atoms with E-state index in [1.807, 2.05) is 0 Å². The molecule has 2 fully saturated rings. The third kappa shape index (κ3) is 8.95. The molecular formula is C19H38IN5O2. The normalized spacial score (nSPS) is 20.2. The smallest absolute Gasteiger partial charge is 0.221 e. The highest BCUT2D eigenvalue weighted by Crippen LogP contribution is 2.17. The van der Waals surface area contributed by atoms with Crippen LogP contribution in [0.5, 0.6) is 0 Å². The predicted octanol–water partition coefficient (Wildman–Crippen LogP) is 1.58. The number of nitrogens with zero attached hydrogens (tertiary/aromatic N) is 2. The minimum atomic E-state index is 0. The Morgan fingerprint density at radius 3 is 2.44 bits per heavy atom. The number of rotatable bonds is 8. The van der Waals surface area contributed by atoms with Gasteiger partial charge in [-0.2, -0.15) is 0 Å². The Hall–Kier alpha value is -0.610. The minimum absolute atomic E-state index is 0. The van der Waals surface area contributed by atoms with Gasteiger partial charge in [0, 0.05) is 51.7 Å². The van der Waals surface area contributed by atoms with Crippen LogP contribution in [-0.4, -0.2) is 75.3 Å². The molecule has 1 aliphatic heterocycles. The van der Waals surface area contributed by atoms with Crippen LogP contribution in [0.2, 0.25) is 0 Å². The lowest BCUT2D eigenvalue weighted by Gasteiger charge is -2.37. The van der Waals surface area contributed by atoms with Crippen molar-refractivity contribution in [3.8, 4) is 0 Å². The zero-order valence-corrected chi connectivity index (χ0v) is 19.5. The molecule has 1 atom stereocenters. The number of amides is 1. The predicted molar refractivity (Wildman–Crippen MR) is 121 cm³/mol. The van der Waals surface area contributed by atoms with E-state index in [-0.39, 0.29) is 29.9 Å². The molecule has 1 saturated heterocycles. The van der Waals surface area contributed by atoms with Gasteiger partial charge >= 0.3 is 0 Å². The topological polar surface area (TPSA) is 78.0 Å². The Labute approximate surface area is 181 Å². The van der Waals surface area contributed by atoms with E-state index in [9.17, 15) is 4.79 Å².